The second kappa shape index (κ2) is 20.5. The smallest absolute Gasteiger partial charge is 0.311 e. The van der Waals surface area contributed by atoms with Crippen molar-refractivity contribution in [3.05, 3.63) is 81.3 Å². The van der Waals surface area contributed by atoms with Crippen molar-refractivity contribution in [1.29, 1.82) is 0 Å². The van der Waals surface area contributed by atoms with Crippen LogP contribution in [0.15, 0.2) is 53.9 Å². The van der Waals surface area contributed by atoms with Crippen LogP contribution in [-0.2, 0) is 20.9 Å². The number of aliphatic hydroxyl groups excluding tert-OH is 1. The summed E-state index contributed by atoms with van der Waals surface area (Å²) in [5.41, 5.74) is 2.48. The lowest BCUT2D eigenvalue weighted by Crippen LogP contribution is -2.58. The number of carboxylic acid groups (broad SMARTS) is 1. The largest absolute Gasteiger partial charge is 0.497 e. The van der Waals surface area contributed by atoms with E-state index in [1.54, 1.807) is 22.4 Å². The van der Waals surface area contributed by atoms with Gasteiger partial charge in [0.25, 0.3) is 5.91 Å². The highest BCUT2D eigenvalue weighted by molar-refractivity contribution is 7.09. The summed E-state index contributed by atoms with van der Waals surface area (Å²) in [5.74, 6) is -2.30. The first-order chi connectivity index (χ1) is 26.2. The van der Waals surface area contributed by atoms with E-state index in [2.05, 4.69) is 20.5 Å². The van der Waals surface area contributed by atoms with Crippen molar-refractivity contribution in [2.75, 3.05) is 27.2 Å². The Morgan fingerprint density at radius 2 is 1.82 bits per heavy atom. The molecule has 3 unspecified atom stereocenters. The lowest BCUT2D eigenvalue weighted by Gasteiger charge is -2.40. The predicted octanol–water partition coefficient (Wildman–Crippen LogP) is 5.94. The van der Waals surface area contributed by atoms with Gasteiger partial charge in [-0.1, -0.05) is 76.9 Å². The number of aromatic nitrogens is 1. The maximum Gasteiger partial charge on any atom is 0.311 e. The zero-order valence-corrected chi connectivity index (χ0v) is 34.1. The van der Waals surface area contributed by atoms with Gasteiger partial charge in [0, 0.05) is 30.9 Å². The quantitative estimate of drug-likeness (QED) is 0.116. The van der Waals surface area contributed by atoms with Crippen LogP contribution in [0.1, 0.15) is 110 Å². The minimum atomic E-state index is -1.08. The lowest BCUT2D eigenvalue weighted by molar-refractivity contribution is -0.143. The van der Waals surface area contributed by atoms with Crippen molar-refractivity contribution >= 4 is 35.0 Å². The molecule has 3 aromatic rings. The van der Waals surface area contributed by atoms with Crippen LogP contribution in [0.5, 0.6) is 5.75 Å². The van der Waals surface area contributed by atoms with Gasteiger partial charge < -0.3 is 30.5 Å². The number of hydrogen-bond donors (Lipinski definition) is 4. The molecule has 3 amide bonds. The van der Waals surface area contributed by atoms with E-state index in [0.717, 1.165) is 48.3 Å². The molecule has 55 heavy (non-hydrogen) atoms. The number of rotatable bonds is 19. The third-order valence-electron chi connectivity index (χ3n) is 10.9. The average molecular weight is 778 g/mol. The van der Waals surface area contributed by atoms with Gasteiger partial charge in [-0.05, 0) is 80.4 Å². The molecule has 12 nitrogen and oxygen atoms in total. The number of amides is 3. The molecule has 1 fully saturated rings. The molecule has 0 aliphatic carbocycles. The summed E-state index contributed by atoms with van der Waals surface area (Å²) in [5, 5.41) is 29.4. The van der Waals surface area contributed by atoms with Crippen molar-refractivity contribution in [2.24, 2.45) is 11.8 Å². The number of carboxylic acids is 1. The van der Waals surface area contributed by atoms with Crippen LogP contribution in [0.4, 0.5) is 0 Å². The van der Waals surface area contributed by atoms with Crippen LogP contribution < -0.4 is 15.4 Å². The van der Waals surface area contributed by atoms with Crippen LogP contribution in [0.25, 0.3) is 0 Å². The number of nitrogens with one attached hydrogen (secondary N) is 2. The molecule has 13 heteroatoms. The number of ether oxygens (including phenoxy) is 1. The summed E-state index contributed by atoms with van der Waals surface area (Å²) in [4.78, 5) is 62.1. The zero-order valence-electron chi connectivity index (χ0n) is 33.3. The monoisotopic (exact) mass is 777 g/mol. The van der Waals surface area contributed by atoms with E-state index in [4.69, 9.17) is 4.74 Å². The number of likely N-dealkylation sites (N-methyl/N-ethyl adjacent to an activating group) is 1. The van der Waals surface area contributed by atoms with Crippen molar-refractivity contribution < 1.29 is 34.1 Å². The number of nitrogens with zero attached hydrogens (tertiary/aromatic N) is 3. The maximum atomic E-state index is 14.7. The molecular weight excluding hydrogens is 719 g/mol. The Kier molecular flexibility index (Phi) is 16.2. The van der Waals surface area contributed by atoms with E-state index in [-0.39, 0.29) is 54.8 Å². The van der Waals surface area contributed by atoms with Gasteiger partial charge in [-0.2, -0.15) is 0 Å². The first-order valence-corrected chi connectivity index (χ1v) is 20.3. The second-order valence-corrected chi connectivity index (χ2v) is 16.0. The van der Waals surface area contributed by atoms with E-state index < -0.39 is 36.0 Å². The number of aliphatic carboxylic acids is 1. The van der Waals surface area contributed by atoms with Gasteiger partial charge in [0.15, 0.2) is 0 Å². The van der Waals surface area contributed by atoms with Gasteiger partial charge in [0.2, 0.25) is 11.8 Å². The van der Waals surface area contributed by atoms with Crippen molar-refractivity contribution in [1.82, 2.24) is 25.4 Å². The standard InChI is InChI=1S/C42H59N5O7S/c1-8-27(4)37(45-39(50)34-16-12-13-21-46(34)6)41(51)47(24-29-14-10-9-11-15-29)35(26(2)3)23-36(48)40-44-33(25-55-40)38(49)43-20-19-31(42(52)53)32-22-30(54-7)18-17-28(32)5/h9-11,14-15,17-18,22,25-27,31,34-37,48H,8,12-13,16,19-21,23-24H2,1-7H3,(H,43,49)(H,45,50)(H,52,53)/t27?,31-,34?,35-,36-,37?/m1/s1. The summed E-state index contributed by atoms with van der Waals surface area (Å²) in [6, 6.07) is 13.5. The molecule has 2 aromatic carbocycles. The Balaban J connectivity index is 1.50. The van der Waals surface area contributed by atoms with Gasteiger partial charge in [0.1, 0.15) is 28.6 Å². The van der Waals surface area contributed by atoms with E-state index >= 15 is 0 Å². The number of piperidine rings is 1. The normalized spacial score (nSPS) is 17.4. The number of methoxy groups -OCH3 is 1. The molecule has 0 radical (unpaired) electrons. The first-order valence-electron chi connectivity index (χ1n) is 19.4. The Labute approximate surface area is 329 Å². The summed E-state index contributed by atoms with van der Waals surface area (Å²) in [6.07, 6.45) is 2.69. The van der Waals surface area contributed by atoms with Gasteiger partial charge in [-0.3, -0.25) is 24.1 Å². The van der Waals surface area contributed by atoms with Crippen LogP contribution in [-0.4, -0.2) is 94.1 Å². The number of aliphatic hydroxyl groups is 1. The molecule has 4 N–H and O–H groups in total. The minimum absolute atomic E-state index is 0.0711. The number of thiazole rings is 1. The van der Waals surface area contributed by atoms with Gasteiger partial charge in [-0.25, -0.2) is 4.98 Å². The molecule has 4 rings (SSSR count). The zero-order chi connectivity index (χ0) is 40.2. The number of hydrogen-bond acceptors (Lipinski definition) is 9. The van der Waals surface area contributed by atoms with Crippen molar-refractivity contribution in [3.63, 3.8) is 0 Å². The fraction of sp³-hybridized carbons (Fsp3) is 0.548. The molecular formula is C42H59N5O7S. The fourth-order valence-corrected chi connectivity index (χ4v) is 8.04. The highest BCUT2D eigenvalue weighted by atomic mass is 32.1. The van der Waals surface area contributed by atoms with Crippen LogP contribution in [0.3, 0.4) is 0 Å². The van der Waals surface area contributed by atoms with E-state index in [1.807, 2.05) is 78.1 Å². The second-order valence-electron chi connectivity index (χ2n) is 15.1. The third kappa shape index (κ3) is 11.6. The van der Waals surface area contributed by atoms with E-state index in [0.29, 0.717) is 29.3 Å². The highest BCUT2D eigenvalue weighted by Crippen LogP contribution is 2.31. The van der Waals surface area contributed by atoms with E-state index in [1.165, 1.54) is 7.11 Å². The van der Waals surface area contributed by atoms with Crippen molar-refractivity contribution in [3.8, 4) is 5.75 Å². The molecule has 1 saturated heterocycles. The minimum Gasteiger partial charge on any atom is -0.497 e. The highest BCUT2D eigenvalue weighted by Gasteiger charge is 2.38. The van der Waals surface area contributed by atoms with Crippen molar-refractivity contribution in [2.45, 2.75) is 110 Å². The molecule has 0 spiro atoms. The molecule has 6 atom stereocenters. The summed E-state index contributed by atoms with van der Waals surface area (Å²) in [6.45, 7) is 11.1. The molecule has 2 heterocycles. The van der Waals surface area contributed by atoms with Gasteiger partial charge in [-0.15, -0.1) is 11.3 Å². The fourth-order valence-electron chi connectivity index (χ4n) is 7.24. The third-order valence-corrected chi connectivity index (χ3v) is 11.8. The Morgan fingerprint density at radius 1 is 1.09 bits per heavy atom. The van der Waals surface area contributed by atoms with E-state index in [9.17, 15) is 29.4 Å². The molecule has 1 aliphatic rings. The first kappa shape index (κ1) is 43.4. The molecule has 1 aromatic heterocycles. The molecule has 300 valence electrons. The Morgan fingerprint density at radius 3 is 2.45 bits per heavy atom. The van der Waals surface area contributed by atoms with Gasteiger partial charge >= 0.3 is 5.97 Å². The Hall–Kier alpha value is -4.33. The van der Waals surface area contributed by atoms with Crippen LogP contribution in [0.2, 0.25) is 0 Å². The number of likely N-dealkylation sites (tertiary alicyclic amines) is 1. The summed E-state index contributed by atoms with van der Waals surface area (Å²) >= 11 is 1.16. The summed E-state index contributed by atoms with van der Waals surface area (Å²) < 4.78 is 5.29. The van der Waals surface area contributed by atoms with Crippen LogP contribution >= 0.6 is 11.3 Å². The molecule has 1 aliphatic heterocycles. The van der Waals surface area contributed by atoms with Crippen LogP contribution in [0, 0.1) is 18.8 Å². The number of carbonyl (C=O) groups is 4. The lowest BCUT2D eigenvalue weighted by atomic mass is 9.91. The molecule has 0 bridgehead atoms. The SMILES string of the molecule is CCC(C)C(NC(=O)C1CCCCN1C)C(=O)N(Cc1ccccc1)[C@H](C[C@@H](O)c1nc(C(=O)NCC[C@@H](C(=O)O)c2cc(OC)ccc2C)cs1)C(C)C. The number of aryl methyl sites for hydroxylation is 1. The average Bonchev–Trinajstić information content (AvgIpc) is 3.68. The summed E-state index contributed by atoms with van der Waals surface area (Å²) in [7, 11) is 3.48. The topological polar surface area (TPSA) is 161 Å². The van der Waals surface area contributed by atoms with Gasteiger partial charge in [0.05, 0.1) is 19.1 Å². The molecule has 0 saturated carbocycles. The Bertz CT molecular complexity index is 1730. The maximum absolute atomic E-state index is 14.7. The number of carbonyl (C=O) groups excluding carboxylic acids is 3. The predicted molar refractivity (Wildman–Crippen MR) is 214 cm³/mol. The number of benzene rings is 2.